The van der Waals surface area contributed by atoms with E-state index >= 15 is 0 Å². The van der Waals surface area contributed by atoms with Crippen LogP contribution in [0.25, 0.3) is 0 Å². The quantitative estimate of drug-likeness (QED) is 0.823. The highest BCUT2D eigenvalue weighted by Crippen LogP contribution is 2.38. The first-order valence-corrected chi connectivity index (χ1v) is 7.22. The summed E-state index contributed by atoms with van der Waals surface area (Å²) in [5, 5.41) is 3.51. The lowest BCUT2D eigenvalue weighted by atomic mass is 10.00. The Labute approximate surface area is 121 Å². The highest BCUT2D eigenvalue weighted by atomic mass is 79.9. The van der Waals surface area contributed by atoms with Crippen LogP contribution in [0.3, 0.4) is 0 Å². The third-order valence-electron chi connectivity index (χ3n) is 3.44. The van der Waals surface area contributed by atoms with Gasteiger partial charge in [-0.3, -0.25) is 0 Å². The van der Waals surface area contributed by atoms with E-state index in [1.54, 1.807) is 0 Å². The van der Waals surface area contributed by atoms with Crippen LogP contribution < -0.4 is 10.1 Å². The summed E-state index contributed by atoms with van der Waals surface area (Å²) in [5.74, 6) is 0.909. The summed E-state index contributed by atoms with van der Waals surface area (Å²) in [6.07, 6.45) is 0.0503. The third kappa shape index (κ3) is 2.47. The maximum Gasteiger partial charge on any atom is 0.144 e. The summed E-state index contributed by atoms with van der Waals surface area (Å²) in [6, 6.07) is 14.8. The van der Waals surface area contributed by atoms with Crippen LogP contribution in [-0.4, -0.2) is 6.04 Å². The zero-order valence-electron chi connectivity index (χ0n) is 11.0. The van der Waals surface area contributed by atoms with Gasteiger partial charge in [0, 0.05) is 4.47 Å². The van der Waals surface area contributed by atoms with Gasteiger partial charge in [-0.25, -0.2) is 0 Å². The molecule has 0 amide bonds. The van der Waals surface area contributed by atoms with Crippen molar-refractivity contribution in [2.45, 2.75) is 26.0 Å². The molecule has 0 aliphatic carbocycles. The van der Waals surface area contributed by atoms with Gasteiger partial charge in [0.1, 0.15) is 11.9 Å². The summed E-state index contributed by atoms with van der Waals surface area (Å²) in [4.78, 5) is 0. The molecule has 3 rings (SSSR count). The van der Waals surface area contributed by atoms with E-state index in [1.165, 1.54) is 11.1 Å². The Morgan fingerprint density at radius 1 is 1.11 bits per heavy atom. The van der Waals surface area contributed by atoms with Crippen LogP contribution >= 0.6 is 15.9 Å². The Hall–Kier alpha value is -1.48. The number of hydrogen-bond donors (Lipinski definition) is 1. The molecule has 1 aliphatic rings. The molecule has 0 aromatic heterocycles. The van der Waals surface area contributed by atoms with Crippen molar-refractivity contribution in [2.75, 3.05) is 5.32 Å². The average Bonchev–Trinajstić information content (AvgIpc) is 2.39. The van der Waals surface area contributed by atoms with Gasteiger partial charge in [0.25, 0.3) is 0 Å². The van der Waals surface area contributed by atoms with E-state index in [0.717, 1.165) is 15.9 Å². The van der Waals surface area contributed by atoms with Crippen LogP contribution in [0.2, 0.25) is 0 Å². The summed E-state index contributed by atoms with van der Waals surface area (Å²) in [7, 11) is 0. The molecular weight excluding hydrogens is 302 g/mol. The minimum Gasteiger partial charge on any atom is -0.481 e. The zero-order valence-corrected chi connectivity index (χ0v) is 12.6. The van der Waals surface area contributed by atoms with Gasteiger partial charge in [-0.1, -0.05) is 45.8 Å². The van der Waals surface area contributed by atoms with Crippen LogP contribution in [0, 0.1) is 6.92 Å². The lowest BCUT2D eigenvalue weighted by molar-refractivity contribution is 0.177. The molecular formula is C16H16BrNO. The molecule has 0 saturated heterocycles. The molecule has 0 radical (unpaired) electrons. The van der Waals surface area contributed by atoms with Crippen molar-refractivity contribution in [3.8, 4) is 5.75 Å². The molecule has 0 fully saturated rings. The van der Waals surface area contributed by atoms with Crippen molar-refractivity contribution in [3.05, 3.63) is 58.1 Å². The lowest BCUT2D eigenvalue weighted by Gasteiger charge is -2.33. The first-order chi connectivity index (χ1) is 9.13. The highest BCUT2D eigenvalue weighted by Gasteiger charge is 2.27. The van der Waals surface area contributed by atoms with Crippen molar-refractivity contribution in [1.29, 1.82) is 0 Å². The molecule has 0 bridgehead atoms. The van der Waals surface area contributed by atoms with E-state index < -0.39 is 0 Å². The number of nitrogens with one attached hydrogen (secondary N) is 1. The molecule has 3 heteroatoms. The normalized spacial score (nSPS) is 21.2. The fourth-order valence-corrected chi connectivity index (χ4v) is 2.75. The van der Waals surface area contributed by atoms with Gasteiger partial charge >= 0.3 is 0 Å². The molecule has 0 saturated carbocycles. The molecule has 19 heavy (non-hydrogen) atoms. The maximum absolute atomic E-state index is 6.14. The minimum absolute atomic E-state index is 0.0503. The first-order valence-electron chi connectivity index (χ1n) is 6.43. The van der Waals surface area contributed by atoms with Crippen LogP contribution in [0.4, 0.5) is 5.69 Å². The summed E-state index contributed by atoms with van der Waals surface area (Å²) < 4.78 is 7.20. The maximum atomic E-state index is 6.14. The van der Waals surface area contributed by atoms with Gasteiger partial charge in [0.2, 0.25) is 0 Å². The molecule has 2 unspecified atom stereocenters. The molecule has 2 nitrogen and oxygen atoms in total. The van der Waals surface area contributed by atoms with Gasteiger partial charge in [-0.05, 0) is 37.6 Å². The summed E-state index contributed by atoms with van der Waals surface area (Å²) >= 11 is 3.48. The second-order valence-electron chi connectivity index (χ2n) is 5.02. The van der Waals surface area contributed by atoms with Crippen molar-refractivity contribution in [3.63, 3.8) is 0 Å². The molecule has 2 atom stereocenters. The Morgan fingerprint density at radius 2 is 1.84 bits per heavy atom. The molecule has 2 aromatic carbocycles. The average molecular weight is 318 g/mol. The SMILES string of the molecule is Cc1ccc(C2Oc3ccc(Br)cc3NC2C)cc1. The van der Waals surface area contributed by atoms with Crippen molar-refractivity contribution < 1.29 is 4.74 Å². The molecule has 1 N–H and O–H groups in total. The topological polar surface area (TPSA) is 21.3 Å². The zero-order chi connectivity index (χ0) is 13.4. The van der Waals surface area contributed by atoms with Crippen molar-refractivity contribution >= 4 is 21.6 Å². The number of anilines is 1. The van der Waals surface area contributed by atoms with E-state index in [1.807, 2.05) is 12.1 Å². The van der Waals surface area contributed by atoms with Crippen molar-refractivity contribution in [2.24, 2.45) is 0 Å². The van der Waals surface area contributed by atoms with Gasteiger partial charge in [0.05, 0.1) is 11.7 Å². The van der Waals surface area contributed by atoms with E-state index in [-0.39, 0.29) is 12.1 Å². The van der Waals surface area contributed by atoms with E-state index in [2.05, 4.69) is 65.4 Å². The number of ether oxygens (including phenoxy) is 1. The van der Waals surface area contributed by atoms with Crippen LogP contribution in [-0.2, 0) is 0 Å². The largest absolute Gasteiger partial charge is 0.481 e. The van der Waals surface area contributed by atoms with Gasteiger partial charge in [0.15, 0.2) is 0 Å². The molecule has 1 heterocycles. The van der Waals surface area contributed by atoms with Crippen LogP contribution in [0.1, 0.15) is 24.2 Å². The van der Waals surface area contributed by atoms with E-state index in [9.17, 15) is 0 Å². The number of halogens is 1. The minimum atomic E-state index is 0.0503. The van der Waals surface area contributed by atoms with Gasteiger partial charge in [-0.15, -0.1) is 0 Å². The molecule has 1 aliphatic heterocycles. The van der Waals surface area contributed by atoms with Crippen LogP contribution in [0.5, 0.6) is 5.75 Å². The fourth-order valence-electron chi connectivity index (χ4n) is 2.39. The number of hydrogen-bond acceptors (Lipinski definition) is 2. The monoisotopic (exact) mass is 317 g/mol. The number of rotatable bonds is 1. The first kappa shape index (κ1) is 12.5. The number of benzene rings is 2. The third-order valence-corrected chi connectivity index (χ3v) is 3.93. The lowest BCUT2D eigenvalue weighted by Crippen LogP contribution is -2.32. The van der Waals surface area contributed by atoms with E-state index in [0.29, 0.717) is 0 Å². The van der Waals surface area contributed by atoms with Gasteiger partial charge in [-0.2, -0.15) is 0 Å². The highest BCUT2D eigenvalue weighted by molar-refractivity contribution is 9.10. The second kappa shape index (κ2) is 4.89. The standard InChI is InChI=1S/C16H16BrNO/c1-10-3-5-12(6-4-10)16-11(2)18-14-9-13(17)7-8-15(14)19-16/h3-9,11,16,18H,1-2H3. The molecule has 2 aromatic rings. The molecule has 98 valence electrons. The van der Waals surface area contributed by atoms with Crippen molar-refractivity contribution in [1.82, 2.24) is 0 Å². The second-order valence-corrected chi connectivity index (χ2v) is 5.94. The Kier molecular flexibility index (Phi) is 3.23. The predicted molar refractivity (Wildman–Crippen MR) is 81.8 cm³/mol. The van der Waals surface area contributed by atoms with E-state index in [4.69, 9.17) is 4.74 Å². The smallest absolute Gasteiger partial charge is 0.144 e. The van der Waals surface area contributed by atoms with Gasteiger partial charge < -0.3 is 10.1 Å². The number of fused-ring (bicyclic) bond motifs is 1. The Balaban J connectivity index is 1.93. The number of aryl methyl sites for hydroxylation is 1. The molecule has 0 spiro atoms. The fraction of sp³-hybridized carbons (Fsp3) is 0.250. The van der Waals surface area contributed by atoms with Crippen LogP contribution in [0.15, 0.2) is 46.9 Å². The Bertz CT molecular complexity index is 594. The predicted octanol–water partition coefficient (Wildman–Crippen LogP) is 4.69. The Morgan fingerprint density at radius 3 is 2.58 bits per heavy atom. The summed E-state index contributed by atoms with van der Waals surface area (Å²) in [6.45, 7) is 4.24. The summed E-state index contributed by atoms with van der Waals surface area (Å²) in [5.41, 5.74) is 3.52.